The summed E-state index contributed by atoms with van der Waals surface area (Å²) in [6, 6.07) is 16.4. The van der Waals surface area contributed by atoms with Gasteiger partial charge in [0.2, 0.25) is 5.91 Å². The molecular weight excluding hydrogens is 368 g/mol. The molecular formula is C23H20N2O2S. The molecule has 5 rings (SSSR count). The molecule has 5 heteroatoms. The summed E-state index contributed by atoms with van der Waals surface area (Å²) >= 11 is 1.33. The van der Waals surface area contributed by atoms with Crippen molar-refractivity contribution < 1.29 is 9.59 Å². The average Bonchev–Trinajstić information content (AvgIpc) is 3.38. The molecule has 4 nitrogen and oxygen atoms in total. The van der Waals surface area contributed by atoms with Crippen molar-refractivity contribution in [2.24, 2.45) is 5.92 Å². The van der Waals surface area contributed by atoms with Gasteiger partial charge in [-0.3, -0.25) is 9.59 Å². The topological polar surface area (TPSA) is 58.2 Å². The molecule has 140 valence electrons. The summed E-state index contributed by atoms with van der Waals surface area (Å²) in [6.07, 6.45) is 2.82. The Hall–Kier alpha value is -2.92. The van der Waals surface area contributed by atoms with Crippen LogP contribution in [0.5, 0.6) is 0 Å². The van der Waals surface area contributed by atoms with Crippen LogP contribution in [-0.4, -0.2) is 11.8 Å². The highest BCUT2D eigenvalue weighted by Crippen LogP contribution is 2.38. The number of thiophene rings is 1. The molecule has 1 fully saturated rings. The van der Waals surface area contributed by atoms with Crippen molar-refractivity contribution in [2.75, 3.05) is 10.6 Å². The first-order valence-corrected chi connectivity index (χ1v) is 10.3. The van der Waals surface area contributed by atoms with E-state index >= 15 is 0 Å². The van der Waals surface area contributed by atoms with Crippen LogP contribution in [0.15, 0.2) is 48.5 Å². The molecule has 2 aliphatic carbocycles. The van der Waals surface area contributed by atoms with Crippen LogP contribution in [0.4, 0.5) is 10.7 Å². The number of rotatable bonds is 4. The van der Waals surface area contributed by atoms with Gasteiger partial charge in [0, 0.05) is 11.6 Å². The van der Waals surface area contributed by atoms with Gasteiger partial charge in [0.15, 0.2) is 0 Å². The van der Waals surface area contributed by atoms with Crippen LogP contribution in [-0.2, 0) is 11.2 Å². The fourth-order valence-electron chi connectivity index (χ4n) is 3.75. The zero-order chi connectivity index (χ0) is 19.3. The Balaban J connectivity index is 1.33. The van der Waals surface area contributed by atoms with Gasteiger partial charge in [-0.1, -0.05) is 30.3 Å². The van der Waals surface area contributed by atoms with Crippen molar-refractivity contribution in [3.05, 3.63) is 70.1 Å². The fourth-order valence-corrected chi connectivity index (χ4v) is 4.72. The van der Waals surface area contributed by atoms with Gasteiger partial charge in [-0.2, -0.15) is 0 Å². The summed E-state index contributed by atoms with van der Waals surface area (Å²) in [7, 11) is 0. The molecule has 2 amide bonds. The van der Waals surface area contributed by atoms with Gasteiger partial charge < -0.3 is 10.6 Å². The summed E-state index contributed by atoms with van der Waals surface area (Å²) in [5, 5.41) is 6.68. The molecule has 1 aromatic heterocycles. The van der Waals surface area contributed by atoms with Crippen LogP contribution >= 0.6 is 11.3 Å². The van der Waals surface area contributed by atoms with Gasteiger partial charge in [0.25, 0.3) is 5.91 Å². The molecule has 28 heavy (non-hydrogen) atoms. The summed E-state index contributed by atoms with van der Waals surface area (Å²) in [5.74, 6) is 0.0755. The lowest BCUT2D eigenvalue weighted by Gasteiger charge is -2.07. The Kier molecular flexibility index (Phi) is 4.05. The molecule has 0 saturated heterocycles. The van der Waals surface area contributed by atoms with Crippen molar-refractivity contribution in [2.45, 2.75) is 26.2 Å². The highest BCUT2D eigenvalue weighted by Gasteiger charge is 2.30. The Morgan fingerprint density at radius 2 is 1.75 bits per heavy atom. The molecule has 0 spiro atoms. The van der Waals surface area contributed by atoms with Gasteiger partial charge in [0.05, 0.1) is 9.88 Å². The number of hydrogen-bond donors (Lipinski definition) is 2. The van der Waals surface area contributed by atoms with E-state index in [1.54, 1.807) is 0 Å². The third-order valence-corrected chi connectivity index (χ3v) is 6.52. The first-order chi connectivity index (χ1) is 13.6. The predicted octanol–water partition coefficient (Wildman–Crippen LogP) is 5.23. The largest absolute Gasteiger partial charge is 0.321 e. The number of fused-ring (bicyclic) bond motifs is 3. The van der Waals surface area contributed by atoms with Crippen LogP contribution in [0.3, 0.4) is 0 Å². The minimum Gasteiger partial charge on any atom is -0.321 e. The summed E-state index contributed by atoms with van der Waals surface area (Å²) in [6.45, 7) is 1.90. The lowest BCUT2D eigenvalue weighted by Crippen LogP contribution is -2.12. The minimum absolute atomic E-state index is 0.0615. The van der Waals surface area contributed by atoms with Crippen LogP contribution in [0.25, 0.3) is 11.1 Å². The maximum atomic E-state index is 12.8. The number of amides is 2. The van der Waals surface area contributed by atoms with Crippen molar-refractivity contribution in [3.8, 4) is 11.1 Å². The van der Waals surface area contributed by atoms with Crippen molar-refractivity contribution in [3.63, 3.8) is 0 Å². The van der Waals surface area contributed by atoms with E-state index in [1.807, 2.05) is 19.1 Å². The van der Waals surface area contributed by atoms with Gasteiger partial charge in [0.1, 0.15) is 0 Å². The fraction of sp³-hybridized carbons (Fsp3) is 0.217. The lowest BCUT2D eigenvalue weighted by atomic mass is 10.1. The van der Waals surface area contributed by atoms with Gasteiger partial charge in [-0.25, -0.2) is 0 Å². The van der Waals surface area contributed by atoms with E-state index in [1.165, 1.54) is 33.6 Å². The molecule has 0 bridgehead atoms. The maximum absolute atomic E-state index is 12.8. The van der Waals surface area contributed by atoms with Crippen molar-refractivity contribution in [1.29, 1.82) is 0 Å². The zero-order valence-electron chi connectivity index (χ0n) is 15.5. The van der Waals surface area contributed by atoms with Crippen LogP contribution in [0.2, 0.25) is 0 Å². The Labute approximate surface area is 167 Å². The first kappa shape index (κ1) is 17.2. The maximum Gasteiger partial charge on any atom is 0.266 e. The Bertz CT molecular complexity index is 1110. The minimum atomic E-state index is -0.134. The van der Waals surface area contributed by atoms with Gasteiger partial charge in [-0.05, 0) is 72.2 Å². The van der Waals surface area contributed by atoms with Gasteiger partial charge in [-0.15, -0.1) is 11.3 Å². The number of carbonyl (C=O) groups excluding carboxylic acids is 2. The summed E-state index contributed by atoms with van der Waals surface area (Å²) < 4.78 is 0. The standard InChI is InChI=1S/C23H20N2O2S/c1-13-10-20(25-22(26)14-6-7-14)28-21(13)23(27)24-17-8-9-19-16(12-17)11-15-4-2-3-5-18(15)19/h2-5,8-10,12,14H,6-7,11H2,1H3,(H,24,27)(H,25,26). The first-order valence-electron chi connectivity index (χ1n) is 9.52. The van der Waals surface area contributed by atoms with Crippen molar-refractivity contribution >= 4 is 33.8 Å². The summed E-state index contributed by atoms with van der Waals surface area (Å²) in [4.78, 5) is 25.4. The van der Waals surface area contributed by atoms with E-state index in [9.17, 15) is 9.59 Å². The number of nitrogens with one attached hydrogen (secondary N) is 2. The monoisotopic (exact) mass is 388 g/mol. The zero-order valence-corrected chi connectivity index (χ0v) is 16.4. The van der Waals surface area contributed by atoms with E-state index in [-0.39, 0.29) is 17.7 Å². The van der Waals surface area contributed by atoms with Crippen LogP contribution in [0, 0.1) is 12.8 Å². The number of aryl methyl sites for hydroxylation is 1. The second kappa shape index (κ2) is 6.60. The van der Waals surface area contributed by atoms with Crippen LogP contribution in [0.1, 0.15) is 39.2 Å². The summed E-state index contributed by atoms with van der Waals surface area (Å²) in [5.41, 5.74) is 6.76. The third kappa shape index (κ3) is 3.12. The molecule has 1 saturated carbocycles. The molecule has 1 heterocycles. The smallest absolute Gasteiger partial charge is 0.266 e. The van der Waals surface area contributed by atoms with E-state index < -0.39 is 0 Å². The molecule has 0 radical (unpaired) electrons. The normalized spacial score (nSPS) is 14.3. The second-order valence-corrected chi connectivity index (χ2v) is 8.60. The second-order valence-electron chi connectivity index (χ2n) is 7.55. The lowest BCUT2D eigenvalue weighted by molar-refractivity contribution is -0.117. The molecule has 0 atom stereocenters. The molecule has 2 aliphatic rings. The quantitative estimate of drug-likeness (QED) is 0.503. The van der Waals surface area contributed by atoms with E-state index in [0.29, 0.717) is 4.88 Å². The number of anilines is 2. The van der Waals surface area contributed by atoms with Crippen LogP contribution < -0.4 is 10.6 Å². The predicted molar refractivity (Wildman–Crippen MR) is 113 cm³/mol. The average molecular weight is 388 g/mol. The SMILES string of the molecule is Cc1cc(NC(=O)C2CC2)sc1C(=O)Nc1ccc2c(c1)Cc1ccccc1-2. The third-order valence-electron chi connectivity index (χ3n) is 5.37. The van der Waals surface area contributed by atoms with E-state index in [4.69, 9.17) is 0 Å². The van der Waals surface area contributed by atoms with Gasteiger partial charge >= 0.3 is 0 Å². The molecule has 3 aromatic rings. The van der Waals surface area contributed by atoms with E-state index in [0.717, 1.165) is 35.5 Å². The molecule has 0 aliphatic heterocycles. The number of carbonyl (C=O) groups is 2. The van der Waals surface area contributed by atoms with E-state index in [2.05, 4.69) is 47.0 Å². The Morgan fingerprint density at radius 3 is 2.57 bits per heavy atom. The highest BCUT2D eigenvalue weighted by atomic mass is 32.1. The molecule has 2 N–H and O–H groups in total. The Morgan fingerprint density at radius 1 is 0.964 bits per heavy atom. The molecule has 2 aromatic carbocycles. The number of benzene rings is 2. The highest BCUT2D eigenvalue weighted by molar-refractivity contribution is 7.18. The van der Waals surface area contributed by atoms with Crippen molar-refractivity contribution in [1.82, 2.24) is 0 Å². The number of hydrogen-bond acceptors (Lipinski definition) is 3. The molecule has 0 unspecified atom stereocenters.